The van der Waals surface area contributed by atoms with Gasteiger partial charge in [0.25, 0.3) is 5.56 Å². The average molecular weight is 478 g/mol. The van der Waals surface area contributed by atoms with E-state index in [2.05, 4.69) is 9.97 Å². The van der Waals surface area contributed by atoms with E-state index in [-0.39, 0.29) is 23.6 Å². The molecule has 2 aromatic heterocycles. The Kier molecular flexibility index (Phi) is 7.66. The number of carbonyl (C=O) groups excluding carboxylic acids is 1. The van der Waals surface area contributed by atoms with Crippen molar-refractivity contribution in [1.29, 1.82) is 0 Å². The molecule has 0 spiro atoms. The van der Waals surface area contributed by atoms with Gasteiger partial charge in [-0.15, -0.1) is 0 Å². The molecule has 10 nitrogen and oxygen atoms in total. The van der Waals surface area contributed by atoms with Crippen LogP contribution in [0.4, 0.5) is 0 Å². The zero-order valence-corrected chi connectivity index (χ0v) is 19.5. The maximum absolute atomic E-state index is 12.7. The number of nitrogens with two attached hydrogens (primary N) is 1. The second-order valence-corrected chi connectivity index (χ2v) is 7.96. The summed E-state index contributed by atoms with van der Waals surface area (Å²) in [5.74, 6) is 5.16. The number of benzene rings is 2. The lowest BCUT2D eigenvalue weighted by Gasteiger charge is -2.27. The Morgan fingerprint density at radius 1 is 1.03 bits per heavy atom. The monoisotopic (exact) mass is 477 g/mol. The summed E-state index contributed by atoms with van der Waals surface area (Å²) in [4.78, 5) is 33.3. The first-order valence-electron chi connectivity index (χ1n) is 11.0. The van der Waals surface area contributed by atoms with E-state index in [1.54, 1.807) is 4.57 Å². The number of fused-ring (bicyclic) bond motifs is 1. The third-order valence-electron chi connectivity index (χ3n) is 5.50. The molecule has 0 saturated carbocycles. The Bertz CT molecular complexity index is 1340. The Morgan fingerprint density at radius 3 is 2.26 bits per heavy atom. The van der Waals surface area contributed by atoms with Gasteiger partial charge in [0.15, 0.2) is 29.1 Å². The number of ether oxygens (including phenoxy) is 3. The fourth-order valence-electron chi connectivity index (χ4n) is 3.72. The first kappa shape index (κ1) is 24.3. The molecule has 0 aliphatic heterocycles. The van der Waals surface area contributed by atoms with Crippen molar-refractivity contribution < 1.29 is 19.0 Å². The second-order valence-electron chi connectivity index (χ2n) is 7.96. The van der Waals surface area contributed by atoms with Crippen LogP contribution in [0.2, 0.25) is 0 Å². The van der Waals surface area contributed by atoms with Crippen molar-refractivity contribution in [3.8, 4) is 0 Å². The number of nitrogens with zero attached hydrogens (tertiary/aromatic N) is 4. The summed E-state index contributed by atoms with van der Waals surface area (Å²) in [6.07, 6.45) is 0.684. The molecule has 2 heterocycles. The number of imidazole rings is 1. The molecular formula is C25H27N5O5. The van der Waals surface area contributed by atoms with Crippen molar-refractivity contribution in [1.82, 2.24) is 19.2 Å². The van der Waals surface area contributed by atoms with Crippen LogP contribution in [0.3, 0.4) is 0 Å². The lowest BCUT2D eigenvalue weighted by atomic mass is 10.2. The molecule has 0 aliphatic carbocycles. The van der Waals surface area contributed by atoms with Crippen molar-refractivity contribution in [3.05, 3.63) is 94.3 Å². The van der Waals surface area contributed by atoms with Crippen molar-refractivity contribution in [3.63, 3.8) is 0 Å². The normalized spacial score (nSPS) is 13.1. The van der Waals surface area contributed by atoms with E-state index in [9.17, 15) is 9.59 Å². The van der Waals surface area contributed by atoms with Gasteiger partial charge in [-0.2, -0.15) is 0 Å². The summed E-state index contributed by atoms with van der Waals surface area (Å²) in [7, 11) is 1.53. The first-order chi connectivity index (χ1) is 17.0. The third-order valence-corrected chi connectivity index (χ3v) is 5.50. The number of methoxy groups -OCH3 is 1. The van der Waals surface area contributed by atoms with Crippen LogP contribution in [0.1, 0.15) is 34.7 Å². The zero-order valence-electron chi connectivity index (χ0n) is 19.5. The molecule has 35 heavy (non-hydrogen) atoms. The molecule has 0 fully saturated rings. The predicted octanol–water partition coefficient (Wildman–Crippen LogP) is 2.46. The highest BCUT2D eigenvalue weighted by molar-refractivity contribution is 5.92. The quantitative estimate of drug-likeness (QED) is 0.199. The molecular weight excluding hydrogens is 450 g/mol. The molecule has 4 rings (SSSR count). The Hall–Kier alpha value is -3.86. The number of carbonyl (C=O) groups is 1. The zero-order chi connectivity index (χ0) is 24.8. The molecule has 10 heteroatoms. The van der Waals surface area contributed by atoms with Crippen molar-refractivity contribution in [2.45, 2.75) is 32.5 Å². The van der Waals surface area contributed by atoms with E-state index in [0.717, 1.165) is 11.1 Å². The van der Waals surface area contributed by atoms with Gasteiger partial charge < -0.3 is 24.6 Å². The van der Waals surface area contributed by atoms with E-state index >= 15 is 0 Å². The molecule has 2 unspecified atom stereocenters. The van der Waals surface area contributed by atoms with Gasteiger partial charge in [0, 0.05) is 14.0 Å². The number of ketones is 1. The van der Waals surface area contributed by atoms with E-state index in [0.29, 0.717) is 17.9 Å². The molecule has 0 radical (unpaired) electrons. The minimum absolute atomic E-state index is 0.0310. The Morgan fingerprint density at radius 2 is 1.66 bits per heavy atom. The molecule has 2 atom stereocenters. The van der Waals surface area contributed by atoms with Crippen LogP contribution in [0.25, 0.3) is 11.2 Å². The van der Waals surface area contributed by atoms with Gasteiger partial charge >= 0.3 is 0 Å². The first-order valence-corrected chi connectivity index (χ1v) is 11.0. The van der Waals surface area contributed by atoms with Crippen LogP contribution in [-0.4, -0.2) is 45.0 Å². The molecule has 182 valence electrons. The second kappa shape index (κ2) is 11.0. The molecule has 0 saturated heterocycles. The van der Waals surface area contributed by atoms with E-state index in [1.807, 2.05) is 60.7 Å². The van der Waals surface area contributed by atoms with Gasteiger partial charge in [-0.25, -0.2) is 14.6 Å². The Balaban J connectivity index is 1.67. The minimum atomic E-state index is -0.772. The molecule has 0 aliphatic rings. The van der Waals surface area contributed by atoms with Crippen molar-refractivity contribution in [2.24, 2.45) is 0 Å². The van der Waals surface area contributed by atoms with E-state index in [1.165, 1.54) is 20.4 Å². The van der Waals surface area contributed by atoms with Crippen LogP contribution < -0.4 is 11.4 Å². The third kappa shape index (κ3) is 5.46. The summed E-state index contributed by atoms with van der Waals surface area (Å²) in [6.45, 7) is 2.11. The highest BCUT2D eigenvalue weighted by Gasteiger charge is 2.28. The minimum Gasteiger partial charge on any atom is -0.374 e. The molecule has 4 aromatic rings. The smallest absolute Gasteiger partial charge is 0.300 e. The number of hydrogen-bond donors (Lipinski definition) is 1. The van der Waals surface area contributed by atoms with Gasteiger partial charge in [0.2, 0.25) is 0 Å². The van der Waals surface area contributed by atoms with E-state index < -0.39 is 23.7 Å². The fraction of sp³-hybridized carbons (Fsp3) is 0.280. The standard InChI is InChI=1S/C25H27N5O5/c1-17(31)22-28-23-21(24(32)30(22)26)27-16-29(23)20(15-34-13-18-9-5-3-6-10-18)25(33-2)35-14-19-11-7-4-8-12-19/h3-12,16,20,25H,13-15,26H2,1-2H3. The number of aromatic nitrogens is 4. The number of Topliss-reactive ketones (excluding diaryl/α,β-unsaturated/α-hetero) is 1. The summed E-state index contributed by atoms with van der Waals surface area (Å²) in [6, 6.07) is 18.8. The predicted molar refractivity (Wildman–Crippen MR) is 129 cm³/mol. The maximum atomic E-state index is 12.7. The fourth-order valence-corrected chi connectivity index (χ4v) is 3.72. The van der Waals surface area contributed by atoms with Gasteiger partial charge in [-0.05, 0) is 11.1 Å². The van der Waals surface area contributed by atoms with Crippen LogP contribution >= 0.6 is 0 Å². The highest BCUT2D eigenvalue weighted by atomic mass is 16.7. The Labute approximate surface area is 201 Å². The summed E-state index contributed by atoms with van der Waals surface area (Å²) in [5.41, 5.74) is 1.58. The largest absolute Gasteiger partial charge is 0.374 e. The molecule has 2 aromatic carbocycles. The van der Waals surface area contributed by atoms with Crippen LogP contribution in [0.5, 0.6) is 0 Å². The summed E-state index contributed by atoms with van der Waals surface area (Å²) in [5, 5.41) is 0. The summed E-state index contributed by atoms with van der Waals surface area (Å²) < 4.78 is 20.1. The molecule has 0 amide bonds. The van der Waals surface area contributed by atoms with Crippen LogP contribution in [-0.2, 0) is 27.4 Å². The average Bonchev–Trinajstić information content (AvgIpc) is 3.30. The van der Waals surface area contributed by atoms with Gasteiger partial charge in [0.1, 0.15) is 6.04 Å². The molecule has 2 N–H and O–H groups in total. The van der Waals surface area contributed by atoms with Gasteiger partial charge in [0.05, 0.1) is 26.1 Å². The van der Waals surface area contributed by atoms with Crippen molar-refractivity contribution in [2.75, 3.05) is 19.6 Å². The highest BCUT2D eigenvalue weighted by Crippen LogP contribution is 2.23. The maximum Gasteiger partial charge on any atom is 0.300 e. The SMILES string of the molecule is COC(OCc1ccccc1)C(COCc1ccccc1)n1cnc2c(=O)n(N)c(C(C)=O)nc21. The van der Waals surface area contributed by atoms with Crippen molar-refractivity contribution >= 4 is 16.9 Å². The van der Waals surface area contributed by atoms with Crippen LogP contribution in [0.15, 0.2) is 71.8 Å². The number of rotatable bonds is 11. The molecule has 0 bridgehead atoms. The summed E-state index contributed by atoms with van der Waals surface area (Å²) >= 11 is 0. The lowest BCUT2D eigenvalue weighted by Crippen LogP contribution is -2.35. The number of nitrogen functional groups attached to an aromatic ring is 1. The van der Waals surface area contributed by atoms with Crippen LogP contribution in [0, 0.1) is 0 Å². The van der Waals surface area contributed by atoms with Gasteiger partial charge in [-0.3, -0.25) is 9.59 Å². The topological polar surface area (TPSA) is 123 Å². The van der Waals surface area contributed by atoms with E-state index in [4.69, 9.17) is 20.1 Å². The van der Waals surface area contributed by atoms with Gasteiger partial charge in [-0.1, -0.05) is 60.7 Å². The lowest BCUT2D eigenvalue weighted by molar-refractivity contribution is -0.168. The number of hydrogen-bond acceptors (Lipinski definition) is 8.